The van der Waals surface area contributed by atoms with E-state index in [4.69, 9.17) is 0 Å². The van der Waals surface area contributed by atoms with Gasteiger partial charge in [-0.15, -0.1) is 12.6 Å². The Kier molecular flexibility index (Phi) is 8.01. The van der Waals surface area contributed by atoms with Crippen molar-refractivity contribution in [2.24, 2.45) is 0 Å². The third kappa shape index (κ3) is 6.20. The summed E-state index contributed by atoms with van der Waals surface area (Å²) in [4.78, 5) is 0.870. The number of hydrogen-bond donors (Lipinski definition) is 1. The Hall–Kier alpha value is -3.35. The number of benzene rings is 4. The van der Waals surface area contributed by atoms with Crippen LogP contribution in [0, 0.1) is 5.82 Å². The van der Waals surface area contributed by atoms with Crippen LogP contribution in [0.25, 0.3) is 27.6 Å². The highest BCUT2D eigenvalue weighted by Crippen LogP contribution is 2.36. The van der Waals surface area contributed by atoms with E-state index in [0.29, 0.717) is 0 Å². The van der Waals surface area contributed by atoms with Crippen LogP contribution in [0.2, 0.25) is 0 Å². The summed E-state index contributed by atoms with van der Waals surface area (Å²) in [6.07, 6.45) is 10.9. The van der Waals surface area contributed by atoms with Crippen LogP contribution in [-0.2, 0) is 28.4 Å². The molecule has 1 heterocycles. The summed E-state index contributed by atoms with van der Waals surface area (Å²) in [5.41, 5.74) is 4.36. The normalized spacial score (nSPS) is 13.4. The Bertz CT molecular complexity index is 1690. The molecule has 1 aliphatic carbocycles. The molecule has 0 atom stereocenters. The van der Waals surface area contributed by atoms with Crippen LogP contribution in [-0.4, -0.2) is 14.2 Å². The molecule has 1 aliphatic rings. The quantitative estimate of drug-likeness (QED) is 0.179. The maximum Gasteiger partial charge on any atom is 0.158 e. The summed E-state index contributed by atoms with van der Waals surface area (Å²) in [5.74, 6) is -0.340. The highest BCUT2D eigenvalue weighted by atomic mass is 32.2. The molecule has 0 radical (unpaired) electrons. The van der Waals surface area contributed by atoms with E-state index in [-0.39, 0.29) is 17.3 Å². The van der Waals surface area contributed by atoms with Crippen LogP contribution in [0.4, 0.5) is 4.39 Å². The first kappa shape index (κ1) is 26.3. The van der Waals surface area contributed by atoms with Crippen LogP contribution < -0.4 is 0 Å². The summed E-state index contributed by atoms with van der Waals surface area (Å²) in [5, 5.41) is 4.53. The van der Waals surface area contributed by atoms with E-state index in [1.807, 2.05) is 12.1 Å². The van der Waals surface area contributed by atoms with Crippen molar-refractivity contribution < 1.29 is 17.2 Å². The maximum atomic E-state index is 13.1. The van der Waals surface area contributed by atoms with Crippen molar-refractivity contribution in [2.45, 2.75) is 36.3 Å². The van der Waals surface area contributed by atoms with Crippen molar-refractivity contribution in [1.29, 1.82) is 0 Å². The Morgan fingerprint density at radius 3 is 2.45 bits per heavy atom. The standard InChI is InChI=1S/C28H25FO2S.C4H4OS/c29-24-14-11-20(12-15-24)6-5-17-32(30,31)19-23-18-22-8-2-3-9-25(22)27-16-13-21-7-1-4-10-26(21)28(23)27;6-4-1-2-5-3-4/h2-3,5-6,8-9,11-16,18H,1,4,7,10,17,19H2;1-3,6H. The molecule has 0 amide bonds. The van der Waals surface area contributed by atoms with Crippen LogP contribution >= 0.6 is 12.6 Å². The second-order valence-corrected chi connectivity index (χ2v) is 12.2. The average molecular weight is 545 g/mol. The van der Waals surface area contributed by atoms with Gasteiger partial charge in [-0.2, -0.15) is 0 Å². The number of sulfone groups is 1. The van der Waals surface area contributed by atoms with Crippen molar-refractivity contribution in [3.05, 3.63) is 119 Å². The van der Waals surface area contributed by atoms with Gasteiger partial charge >= 0.3 is 0 Å². The summed E-state index contributed by atoms with van der Waals surface area (Å²) in [6, 6.07) is 22.5. The Balaban J connectivity index is 0.000000433. The van der Waals surface area contributed by atoms with Crippen molar-refractivity contribution >= 4 is 50.1 Å². The molecule has 5 aromatic rings. The molecule has 0 saturated carbocycles. The zero-order valence-corrected chi connectivity index (χ0v) is 22.6. The fraction of sp³-hybridized carbons (Fsp3) is 0.188. The van der Waals surface area contributed by atoms with E-state index in [1.54, 1.807) is 42.9 Å². The molecule has 0 spiro atoms. The number of hydrogen-bond acceptors (Lipinski definition) is 4. The lowest BCUT2D eigenvalue weighted by Crippen LogP contribution is -2.10. The van der Waals surface area contributed by atoms with Gasteiger partial charge in [0.2, 0.25) is 0 Å². The van der Waals surface area contributed by atoms with Gasteiger partial charge in [-0.3, -0.25) is 0 Å². The maximum absolute atomic E-state index is 13.1. The van der Waals surface area contributed by atoms with E-state index >= 15 is 0 Å². The molecule has 0 bridgehead atoms. The zero-order chi connectivity index (χ0) is 26.5. The number of rotatable bonds is 5. The Morgan fingerprint density at radius 1 is 0.921 bits per heavy atom. The molecule has 6 heteroatoms. The molecule has 0 aliphatic heterocycles. The fourth-order valence-electron chi connectivity index (χ4n) is 5.12. The van der Waals surface area contributed by atoms with Crippen LogP contribution in [0.15, 0.2) is 101 Å². The van der Waals surface area contributed by atoms with Gasteiger partial charge in [0.15, 0.2) is 9.84 Å². The minimum absolute atomic E-state index is 0.0124. The molecule has 38 heavy (non-hydrogen) atoms. The smallest absolute Gasteiger partial charge is 0.158 e. The summed E-state index contributed by atoms with van der Waals surface area (Å²) < 4.78 is 43.9. The van der Waals surface area contributed by atoms with Gasteiger partial charge in [-0.25, -0.2) is 12.8 Å². The molecular formula is C32H29FO3S2. The number of aryl methyl sites for hydroxylation is 2. The van der Waals surface area contributed by atoms with E-state index in [0.717, 1.165) is 51.4 Å². The van der Waals surface area contributed by atoms with Gasteiger partial charge in [0.05, 0.1) is 17.8 Å². The Morgan fingerprint density at radius 2 is 1.71 bits per heavy atom. The van der Waals surface area contributed by atoms with Gasteiger partial charge < -0.3 is 4.42 Å². The van der Waals surface area contributed by atoms with Crippen LogP contribution in [0.3, 0.4) is 0 Å². The van der Waals surface area contributed by atoms with E-state index in [9.17, 15) is 12.8 Å². The van der Waals surface area contributed by atoms with E-state index in [2.05, 4.69) is 47.4 Å². The summed E-state index contributed by atoms with van der Waals surface area (Å²) in [7, 11) is -3.36. The van der Waals surface area contributed by atoms with Gasteiger partial charge in [0, 0.05) is 4.90 Å². The number of halogens is 1. The summed E-state index contributed by atoms with van der Waals surface area (Å²) in [6.45, 7) is 0. The van der Waals surface area contributed by atoms with Gasteiger partial charge in [0.25, 0.3) is 0 Å². The lowest BCUT2D eigenvalue weighted by atomic mass is 9.85. The molecule has 0 fully saturated rings. The second kappa shape index (κ2) is 11.6. The molecule has 6 rings (SSSR count). The largest absolute Gasteiger partial charge is 0.471 e. The molecule has 0 N–H and O–H groups in total. The van der Waals surface area contributed by atoms with E-state index < -0.39 is 9.84 Å². The van der Waals surface area contributed by atoms with E-state index in [1.165, 1.54) is 35.1 Å². The van der Waals surface area contributed by atoms with Crippen molar-refractivity contribution in [3.8, 4) is 0 Å². The molecule has 4 aromatic carbocycles. The predicted molar refractivity (Wildman–Crippen MR) is 157 cm³/mol. The van der Waals surface area contributed by atoms with Gasteiger partial charge in [0.1, 0.15) is 12.1 Å². The highest BCUT2D eigenvalue weighted by Gasteiger charge is 2.20. The van der Waals surface area contributed by atoms with Gasteiger partial charge in [-0.1, -0.05) is 60.7 Å². The zero-order valence-electron chi connectivity index (χ0n) is 20.9. The number of thiol groups is 1. The highest BCUT2D eigenvalue weighted by molar-refractivity contribution is 7.90. The third-order valence-corrected chi connectivity index (χ3v) is 8.55. The lowest BCUT2D eigenvalue weighted by Gasteiger charge is -2.21. The first-order valence-electron chi connectivity index (χ1n) is 12.7. The van der Waals surface area contributed by atoms with Crippen LogP contribution in [0.5, 0.6) is 0 Å². The first-order chi connectivity index (χ1) is 18.4. The molecule has 1 aromatic heterocycles. The molecule has 3 nitrogen and oxygen atoms in total. The summed E-state index contributed by atoms with van der Waals surface area (Å²) >= 11 is 3.94. The molecular weight excluding hydrogens is 515 g/mol. The lowest BCUT2D eigenvalue weighted by molar-refractivity contribution is 0.562. The van der Waals surface area contributed by atoms with Crippen LogP contribution in [0.1, 0.15) is 35.1 Å². The topological polar surface area (TPSA) is 47.3 Å². The SMILES string of the molecule is O=S(=O)(CC=Cc1ccc(F)cc1)Cc1cc2ccccc2c2ccc3c(c12)CCCC3.Sc1ccoc1. The van der Waals surface area contributed by atoms with Crippen molar-refractivity contribution in [1.82, 2.24) is 0 Å². The fourth-order valence-corrected chi connectivity index (χ4v) is 6.45. The van der Waals surface area contributed by atoms with Crippen molar-refractivity contribution in [2.75, 3.05) is 5.75 Å². The molecule has 194 valence electrons. The van der Waals surface area contributed by atoms with Gasteiger partial charge in [-0.05, 0) is 93.7 Å². The first-order valence-corrected chi connectivity index (χ1v) is 15.0. The minimum Gasteiger partial charge on any atom is -0.471 e. The second-order valence-electron chi connectivity index (χ2n) is 9.58. The Labute approximate surface area is 228 Å². The number of fused-ring (bicyclic) bond motifs is 5. The third-order valence-electron chi connectivity index (χ3n) is 6.85. The minimum atomic E-state index is -3.36. The predicted octanol–water partition coefficient (Wildman–Crippen LogP) is 8.21. The molecule has 0 unspecified atom stereocenters. The average Bonchev–Trinajstić information content (AvgIpc) is 3.40. The van der Waals surface area contributed by atoms with Crippen molar-refractivity contribution in [3.63, 3.8) is 0 Å². The molecule has 0 saturated heterocycles. The number of furan rings is 1. The monoisotopic (exact) mass is 544 g/mol.